The van der Waals surface area contributed by atoms with Crippen LogP contribution >= 0.6 is 0 Å². The maximum absolute atomic E-state index is 11.4. The number of rotatable bonds is 6. The number of ether oxygens (including phenoxy) is 3. The second kappa shape index (κ2) is 7.41. The Morgan fingerprint density at radius 3 is 1.79 bits per heavy atom. The molecular formula is C14H18O5. The van der Waals surface area contributed by atoms with Crippen LogP contribution in [0.25, 0.3) is 0 Å². The van der Waals surface area contributed by atoms with Crippen LogP contribution in [0.3, 0.4) is 0 Å². The quantitative estimate of drug-likeness (QED) is 0.736. The highest BCUT2D eigenvalue weighted by Gasteiger charge is 2.20. The summed E-state index contributed by atoms with van der Waals surface area (Å²) in [4.78, 5) is 22.8. The molecule has 1 aromatic rings. The van der Waals surface area contributed by atoms with E-state index in [0.29, 0.717) is 0 Å². The van der Waals surface area contributed by atoms with Crippen LogP contribution < -0.4 is 4.74 Å². The monoisotopic (exact) mass is 266 g/mol. The summed E-state index contributed by atoms with van der Waals surface area (Å²) in [6.07, 6.45) is 0.274. The molecule has 1 rings (SSSR count). The third-order valence-electron chi connectivity index (χ3n) is 2.87. The van der Waals surface area contributed by atoms with Crippen molar-refractivity contribution in [1.82, 2.24) is 0 Å². The summed E-state index contributed by atoms with van der Waals surface area (Å²) in [5, 5.41) is 0. The molecule has 5 nitrogen and oxygen atoms in total. The van der Waals surface area contributed by atoms with Gasteiger partial charge in [0.25, 0.3) is 0 Å². The molecule has 0 N–H and O–H groups in total. The van der Waals surface area contributed by atoms with E-state index in [0.717, 1.165) is 11.3 Å². The zero-order valence-electron chi connectivity index (χ0n) is 11.3. The lowest BCUT2D eigenvalue weighted by Gasteiger charge is -2.15. The van der Waals surface area contributed by atoms with Gasteiger partial charge in [-0.25, -0.2) is 0 Å². The molecule has 0 spiro atoms. The molecule has 0 aliphatic heterocycles. The molecular weight excluding hydrogens is 248 g/mol. The van der Waals surface area contributed by atoms with Crippen LogP contribution in [-0.2, 0) is 19.1 Å². The maximum atomic E-state index is 11.4. The number of hydrogen-bond donors (Lipinski definition) is 0. The second-order valence-corrected chi connectivity index (χ2v) is 4.03. The van der Waals surface area contributed by atoms with Crippen LogP contribution in [0.5, 0.6) is 5.75 Å². The van der Waals surface area contributed by atoms with E-state index in [2.05, 4.69) is 9.47 Å². The Morgan fingerprint density at radius 2 is 1.42 bits per heavy atom. The Balaban J connectivity index is 2.86. The number of carbonyl (C=O) groups is 2. The molecule has 0 unspecified atom stereocenters. The minimum absolute atomic E-state index is 0.137. The van der Waals surface area contributed by atoms with E-state index >= 15 is 0 Å². The van der Waals surface area contributed by atoms with Crippen molar-refractivity contribution < 1.29 is 23.8 Å². The van der Waals surface area contributed by atoms with E-state index in [9.17, 15) is 9.59 Å². The number of hydrogen-bond acceptors (Lipinski definition) is 5. The molecule has 0 heterocycles. The molecule has 0 saturated heterocycles. The Hall–Kier alpha value is -2.04. The first-order valence-electron chi connectivity index (χ1n) is 5.88. The fourth-order valence-corrected chi connectivity index (χ4v) is 1.75. The van der Waals surface area contributed by atoms with Gasteiger partial charge < -0.3 is 14.2 Å². The SMILES string of the molecule is COC(=O)CC(CC(=O)OC)c1ccc(OC)cc1. The van der Waals surface area contributed by atoms with Crippen molar-refractivity contribution in [2.75, 3.05) is 21.3 Å². The zero-order chi connectivity index (χ0) is 14.3. The molecule has 0 aliphatic carbocycles. The zero-order valence-corrected chi connectivity index (χ0v) is 11.3. The number of carbonyl (C=O) groups excluding carboxylic acids is 2. The van der Waals surface area contributed by atoms with Gasteiger partial charge in [-0.15, -0.1) is 0 Å². The van der Waals surface area contributed by atoms with Crippen LogP contribution in [0.2, 0.25) is 0 Å². The predicted molar refractivity (Wildman–Crippen MR) is 69.0 cm³/mol. The predicted octanol–water partition coefficient (Wildman–Crippen LogP) is 1.90. The first-order valence-corrected chi connectivity index (χ1v) is 5.88. The standard InChI is InChI=1S/C14H18O5/c1-17-12-6-4-10(5-7-12)11(8-13(15)18-2)9-14(16)19-3/h4-7,11H,8-9H2,1-3H3. The average molecular weight is 266 g/mol. The molecule has 0 saturated carbocycles. The van der Waals surface area contributed by atoms with Gasteiger partial charge in [0.1, 0.15) is 5.75 Å². The van der Waals surface area contributed by atoms with Gasteiger partial charge in [0, 0.05) is 5.92 Å². The summed E-state index contributed by atoms with van der Waals surface area (Å²) in [5.41, 5.74) is 0.872. The number of methoxy groups -OCH3 is 3. The molecule has 19 heavy (non-hydrogen) atoms. The van der Waals surface area contributed by atoms with Crippen molar-refractivity contribution in [3.05, 3.63) is 29.8 Å². The third kappa shape index (κ3) is 4.62. The first kappa shape index (κ1) is 15.0. The van der Waals surface area contributed by atoms with Crippen molar-refractivity contribution in [2.45, 2.75) is 18.8 Å². The van der Waals surface area contributed by atoms with Crippen LogP contribution in [0.4, 0.5) is 0 Å². The summed E-state index contributed by atoms with van der Waals surface area (Å²) < 4.78 is 14.4. The van der Waals surface area contributed by atoms with Gasteiger partial charge in [-0.1, -0.05) is 12.1 Å². The van der Waals surface area contributed by atoms with Gasteiger partial charge >= 0.3 is 11.9 Å². The van der Waals surface area contributed by atoms with Gasteiger partial charge in [-0.3, -0.25) is 9.59 Å². The van der Waals surface area contributed by atoms with Gasteiger partial charge in [-0.2, -0.15) is 0 Å². The Bertz CT molecular complexity index is 406. The van der Waals surface area contributed by atoms with Crippen LogP contribution in [0.15, 0.2) is 24.3 Å². The van der Waals surface area contributed by atoms with Crippen LogP contribution in [0, 0.1) is 0 Å². The molecule has 0 aromatic heterocycles. The summed E-state index contributed by atoms with van der Waals surface area (Å²) >= 11 is 0. The van der Waals surface area contributed by atoms with Crippen molar-refractivity contribution in [2.24, 2.45) is 0 Å². The lowest BCUT2D eigenvalue weighted by molar-refractivity contribution is -0.143. The number of benzene rings is 1. The maximum Gasteiger partial charge on any atom is 0.306 e. The Labute approximate surface area is 112 Å². The lowest BCUT2D eigenvalue weighted by Crippen LogP contribution is -2.13. The van der Waals surface area contributed by atoms with E-state index in [1.807, 2.05) is 12.1 Å². The smallest absolute Gasteiger partial charge is 0.306 e. The lowest BCUT2D eigenvalue weighted by atomic mass is 9.92. The van der Waals surface area contributed by atoms with Crippen molar-refractivity contribution in [3.8, 4) is 5.75 Å². The molecule has 5 heteroatoms. The van der Waals surface area contributed by atoms with Gasteiger partial charge in [-0.05, 0) is 17.7 Å². The van der Waals surface area contributed by atoms with E-state index < -0.39 is 0 Å². The molecule has 1 aromatic carbocycles. The highest BCUT2D eigenvalue weighted by atomic mass is 16.5. The first-order chi connectivity index (χ1) is 9.10. The Kier molecular flexibility index (Phi) is 5.85. The highest BCUT2D eigenvalue weighted by Crippen LogP contribution is 2.26. The minimum atomic E-state index is -0.357. The molecule has 0 fully saturated rings. The average Bonchev–Trinajstić information content (AvgIpc) is 2.46. The molecule has 104 valence electrons. The normalized spacial score (nSPS) is 10.1. The van der Waals surface area contributed by atoms with E-state index in [1.54, 1.807) is 19.2 Å². The fourth-order valence-electron chi connectivity index (χ4n) is 1.75. The van der Waals surface area contributed by atoms with E-state index in [-0.39, 0.29) is 30.7 Å². The summed E-state index contributed by atoms with van der Waals surface area (Å²) in [6.45, 7) is 0. The molecule has 0 aliphatic rings. The summed E-state index contributed by atoms with van der Waals surface area (Å²) in [7, 11) is 4.23. The third-order valence-corrected chi connectivity index (χ3v) is 2.87. The van der Waals surface area contributed by atoms with Crippen LogP contribution in [-0.4, -0.2) is 33.3 Å². The van der Waals surface area contributed by atoms with Crippen LogP contribution in [0.1, 0.15) is 24.3 Å². The molecule has 0 radical (unpaired) electrons. The van der Waals surface area contributed by atoms with Gasteiger partial charge in [0.15, 0.2) is 0 Å². The van der Waals surface area contributed by atoms with Gasteiger partial charge in [0.2, 0.25) is 0 Å². The topological polar surface area (TPSA) is 61.8 Å². The molecule has 0 atom stereocenters. The Morgan fingerprint density at radius 1 is 0.947 bits per heavy atom. The molecule has 0 amide bonds. The van der Waals surface area contributed by atoms with Crippen molar-refractivity contribution in [1.29, 1.82) is 0 Å². The van der Waals surface area contributed by atoms with Crippen molar-refractivity contribution >= 4 is 11.9 Å². The molecule has 0 bridgehead atoms. The summed E-state index contributed by atoms with van der Waals surface area (Å²) in [6, 6.07) is 7.23. The number of esters is 2. The van der Waals surface area contributed by atoms with Crippen molar-refractivity contribution in [3.63, 3.8) is 0 Å². The van der Waals surface area contributed by atoms with Gasteiger partial charge in [0.05, 0.1) is 34.2 Å². The fraction of sp³-hybridized carbons (Fsp3) is 0.429. The minimum Gasteiger partial charge on any atom is -0.497 e. The van der Waals surface area contributed by atoms with E-state index in [1.165, 1.54) is 14.2 Å². The second-order valence-electron chi connectivity index (χ2n) is 4.03. The van der Waals surface area contributed by atoms with E-state index in [4.69, 9.17) is 4.74 Å². The highest BCUT2D eigenvalue weighted by molar-refractivity contribution is 5.74. The summed E-state index contributed by atoms with van der Waals surface area (Å²) in [5.74, 6) is -0.251. The largest absolute Gasteiger partial charge is 0.497 e.